The van der Waals surface area contributed by atoms with E-state index >= 15 is 0 Å². The molecular formula is C27H53N9O6. The van der Waals surface area contributed by atoms with Gasteiger partial charge in [-0.1, -0.05) is 41.5 Å². The van der Waals surface area contributed by atoms with Crippen LogP contribution >= 0.6 is 0 Å². The van der Waals surface area contributed by atoms with Crippen molar-refractivity contribution in [1.29, 1.82) is 5.41 Å². The standard InChI is InChI=1S/C27H53N9O6/c1-25(2,3)17(21(39)36-18(22(40)41)26(4,5)6)35-20(38)15(11-9-10-14-32-24(29)30)33-19(37)16(12-13-28)34-23(42)27(7,8)31/h15-18H,9-14,28,31H2,1-8H3,(H,33,37)(H,34,42)(H,35,38)(H,36,39)(H,40,41)(H4,29,30,32)/t15-,16-,17+,18+/m0/s1. The number of unbranched alkanes of at least 4 members (excludes halogenated alkanes) is 1. The van der Waals surface area contributed by atoms with E-state index in [-0.39, 0.29) is 25.3 Å². The molecular weight excluding hydrogens is 546 g/mol. The first-order valence-electron chi connectivity index (χ1n) is 14.0. The first-order valence-corrected chi connectivity index (χ1v) is 14.0. The molecule has 0 saturated carbocycles. The van der Waals surface area contributed by atoms with E-state index in [0.29, 0.717) is 19.4 Å². The summed E-state index contributed by atoms with van der Waals surface area (Å²) in [6.07, 6.45) is 1.18. The minimum atomic E-state index is -1.26. The second kappa shape index (κ2) is 16.2. The van der Waals surface area contributed by atoms with Gasteiger partial charge in [0.2, 0.25) is 23.6 Å². The number of amides is 4. The van der Waals surface area contributed by atoms with E-state index in [1.165, 1.54) is 13.8 Å². The summed E-state index contributed by atoms with van der Waals surface area (Å²) in [5.74, 6) is -4.01. The van der Waals surface area contributed by atoms with E-state index in [2.05, 4.69) is 26.6 Å². The third-order valence-corrected chi connectivity index (χ3v) is 6.34. The van der Waals surface area contributed by atoms with Crippen LogP contribution < -0.4 is 43.8 Å². The largest absolute Gasteiger partial charge is 0.480 e. The Morgan fingerprint density at radius 2 is 1.21 bits per heavy atom. The minimum Gasteiger partial charge on any atom is -0.480 e. The maximum atomic E-state index is 13.6. The lowest BCUT2D eigenvalue weighted by atomic mass is 9.83. The zero-order valence-corrected chi connectivity index (χ0v) is 26.3. The van der Waals surface area contributed by atoms with Crippen molar-refractivity contribution in [3.8, 4) is 0 Å². The number of hydrogen-bond acceptors (Lipinski definition) is 8. The van der Waals surface area contributed by atoms with Gasteiger partial charge in [0, 0.05) is 6.54 Å². The van der Waals surface area contributed by atoms with Crippen molar-refractivity contribution >= 4 is 35.6 Å². The van der Waals surface area contributed by atoms with Crippen LogP contribution in [0.1, 0.15) is 81.1 Å². The smallest absolute Gasteiger partial charge is 0.326 e. The summed E-state index contributed by atoms with van der Waals surface area (Å²) in [6.45, 7) is 13.6. The average Bonchev–Trinajstić information content (AvgIpc) is 2.81. The normalized spacial score (nSPS) is 14.9. The number of rotatable bonds is 16. The molecule has 15 heteroatoms. The Kier molecular flexibility index (Phi) is 14.9. The zero-order chi connectivity index (χ0) is 33.1. The van der Waals surface area contributed by atoms with Crippen LogP contribution in [0, 0.1) is 16.2 Å². The summed E-state index contributed by atoms with van der Waals surface area (Å²) in [5, 5.41) is 30.1. The molecule has 0 saturated heterocycles. The molecule has 0 aliphatic heterocycles. The third kappa shape index (κ3) is 13.9. The van der Waals surface area contributed by atoms with Gasteiger partial charge in [0.25, 0.3) is 0 Å². The van der Waals surface area contributed by atoms with Crippen molar-refractivity contribution in [2.75, 3.05) is 13.1 Å². The van der Waals surface area contributed by atoms with E-state index in [4.69, 9.17) is 22.6 Å². The van der Waals surface area contributed by atoms with Crippen LogP contribution in [-0.2, 0) is 24.0 Å². The molecule has 0 radical (unpaired) electrons. The van der Waals surface area contributed by atoms with Gasteiger partial charge in [0.15, 0.2) is 5.96 Å². The van der Waals surface area contributed by atoms with Crippen molar-refractivity contribution in [2.24, 2.45) is 28.0 Å². The SMILES string of the molecule is CC(C)(N)C(=O)N[C@@H](CCN)C(=O)N[C@@H](CCCCNC(=N)N)C(=O)N[C@H](C(=O)N[C@H](C(=O)O)C(C)(C)C)C(C)(C)C. The molecule has 15 nitrogen and oxygen atoms in total. The fourth-order valence-electron chi connectivity index (χ4n) is 3.81. The number of guanidine groups is 1. The highest BCUT2D eigenvalue weighted by molar-refractivity contribution is 5.96. The number of carbonyl (C=O) groups is 5. The van der Waals surface area contributed by atoms with Crippen molar-refractivity contribution in [3.05, 3.63) is 0 Å². The van der Waals surface area contributed by atoms with Gasteiger partial charge in [0.05, 0.1) is 5.54 Å². The molecule has 0 bridgehead atoms. The fraction of sp³-hybridized carbons (Fsp3) is 0.778. The monoisotopic (exact) mass is 599 g/mol. The number of hydrogen-bond donors (Lipinski definition) is 10. The lowest BCUT2D eigenvalue weighted by Gasteiger charge is -2.35. The predicted molar refractivity (Wildman–Crippen MR) is 160 cm³/mol. The molecule has 4 amide bonds. The Hall–Kier alpha value is -3.46. The summed E-state index contributed by atoms with van der Waals surface area (Å²) < 4.78 is 0. The van der Waals surface area contributed by atoms with Gasteiger partial charge in [-0.05, 0) is 56.9 Å². The summed E-state index contributed by atoms with van der Waals surface area (Å²) in [4.78, 5) is 64.4. The second-order valence-electron chi connectivity index (χ2n) is 13.2. The van der Waals surface area contributed by atoms with Crippen LogP contribution in [0.5, 0.6) is 0 Å². The minimum absolute atomic E-state index is 0.0712. The fourth-order valence-corrected chi connectivity index (χ4v) is 3.81. The number of aliphatic carboxylic acids is 1. The molecule has 0 fully saturated rings. The number of nitrogens with two attached hydrogens (primary N) is 3. The molecule has 0 aromatic carbocycles. The maximum absolute atomic E-state index is 13.6. The molecule has 13 N–H and O–H groups in total. The van der Waals surface area contributed by atoms with Crippen molar-refractivity contribution in [1.82, 2.24) is 26.6 Å². The first kappa shape index (κ1) is 38.5. The Balaban J connectivity index is 6.05. The molecule has 4 atom stereocenters. The molecule has 0 aromatic heterocycles. The van der Waals surface area contributed by atoms with Gasteiger partial charge in [-0.25, -0.2) is 4.79 Å². The topological polar surface area (TPSA) is 268 Å². The summed E-state index contributed by atoms with van der Waals surface area (Å²) in [7, 11) is 0. The van der Waals surface area contributed by atoms with E-state index in [9.17, 15) is 29.1 Å². The van der Waals surface area contributed by atoms with Gasteiger partial charge < -0.3 is 48.9 Å². The second-order valence-corrected chi connectivity index (χ2v) is 13.2. The Labute approximate surface area is 248 Å². The lowest BCUT2D eigenvalue weighted by molar-refractivity contribution is -0.146. The van der Waals surface area contributed by atoms with Crippen molar-refractivity contribution in [3.63, 3.8) is 0 Å². The Bertz CT molecular complexity index is 967. The molecule has 0 unspecified atom stereocenters. The van der Waals surface area contributed by atoms with Gasteiger partial charge in [0.1, 0.15) is 24.2 Å². The molecule has 0 rings (SSSR count). The van der Waals surface area contributed by atoms with E-state index in [0.717, 1.165) is 0 Å². The van der Waals surface area contributed by atoms with Crippen LogP contribution in [0.3, 0.4) is 0 Å². The molecule has 0 aliphatic carbocycles. The quantitative estimate of drug-likeness (QED) is 0.0577. The van der Waals surface area contributed by atoms with Gasteiger partial charge in [-0.3, -0.25) is 24.6 Å². The maximum Gasteiger partial charge on any atom is 0.326 e. The highest BCUT2D eigenvalue weighted by atomic mass is 16.4. The highest BCUT2D eigenvalue weighted by Crippen LogP contribution is 2.23. The first-order chi connectivity index (χ1) is 19.0. The average molecular weight is 600 g/mol. The zero-order valence-electron chi connectivity index (χ0n) is 26.3. The number of carbonyl (C=O) groups excluding carboxylic acids is 4. The Morgan fingerprint density at radius 3 is 1.64 bits per heavy atom. The van der Waals surface area contributed by atoms with Crippen LogP contribution in [-0.4, -0.2) is 83.5 Å². The molecule has 42 heavy (non-hydrogen) atoms. The van der Waals surface area contributed by atoms with Crippen LogP contribution in [0.25, 0.3) is 0 Å². The number of carboxylic acid groups (broad SMARTS) is 1. The molecule has 0 aliphatic rings. The van der Waals surface area contributed by atoms with Gasteiger partial charge in [-0.2, -0.15) is 0 Å². The van der Waals surface area contributed by atoms with Crippen LogP contribution in [0.4, 0.5) is 0 Å². The van der Waals surface area contributed by atoms with Crippen LogP contribution in [0.2, 0.25) is 0 Å². The molecule has 0 spiro atoms. The van der Waals surface area contributed by atoms with Gasteiger partial charge >= 0.3 is 5.97 Å². The highest BCUT2D eigenvalue weighted by Gasteiger charge is 2.40. The van der Waals surface area contributed by atoms with Gasteiger partial charge in [-0.15, -0.1) is 0 Å². The van der Waals surface area contributed by atoms with E-state index in [1.807, 2.05) is 0 Å². The molecule has 0 heterocycles. The van der Waals surface area contributed by atoms with Crippen LogP contribution in [0.15, 0.2) is 0 Å². The predicted octanol–water partition coefficient (Wildman–Crippen LogP) is -1.16. The lowest BCUT2D eigenvalue weighted by Crippen LogP contribution is -2.62. The molecule has 0 aromatic rings. The summed E-state index contributed by atoms with van der Waals surface area (Å²) in [6, 6.07) is -4.55. The van der Waals surface area contributed by atoms with Crippen molar-refractivity contribution in [2.45, 2.75) is 111 Å². The molecule has 242 valence electrons. The number of carboxylic acids is 1. The van der Waals surface area contributed by atoms with Crippen molar-refractivity contribution < 1.29 is 29.1 Å². The summed E-state index contributed by atoms with van der Waals surface area (Å²) in [5.41, 5.74) is 13.9. The van der Waals surface area contributed by atoms with E-state index in [1.54, 1.807) is 41.5 Å². The third-order valence-electron chi connectivity index (χ3n) is 6.34. The Morgan fingerprint density at radius 1 is 0.738 bits per heavy atom. The number of nitrogens with one attached hydrogen (secondary N) is 6. The van der Waals surface area contributed by atoms with E-state index < -0.39 is 70.1 Å². The summed E-state index contributed by atoms with van der Waals surface area (Å²) >= 11 is 0.